The van der Waals surface area contributed by atoms with Crippen LogP contribution >= 0.6 is 0 Å². The minimum absolute atomic E-state index is 0.0878. The maximum absolute atomic E-state index is 13.9. The van der Waals surface area contributed by atoms with Crippen LogP contribution in [0.5, 0.6) is 0 Å². The van der Waals surface area contributed by atoms with Crippen molar-refractivity contribution >= 4 is 12.1 Å². The number of carbonyl (C=O) groups is 2. The van der Waals surface area contributed by atoms with Gasteiger partial charge in [0, 0.05) is 6.42 Å². The molecule has 7 atom stereocenters. The van der Waals surface area contributed by atoms with Gasteiger partial charge in [0.25, 0.3) is 0 Å². The van der Waals surface area contributed by atoms with E-state index in [4.69, 9.17) is 33.2 Å². The summed E-state index contributed by atoms with van der Waals surface area (Å²) >= 11 is 0. The van der Waals surface area contributed by atoms with Crippen LogP contribution in [0.1, 0.15) is 152 Å². The minimum atomic E-state index is -0.778. The summed E-state index contributed by atoms with van der Waals surface area (Å²) in [5, 5.41) is 3.21. The van der Waals surface area contributed by atoms with Crippen molar-refractivity contribution in [1.29, 1.82) is 0 Å². The van der Waals surface area contributed by atoms with Crippen molar-refractivity contribution in [1.82, 2.24) is 5.32 Å². The second-order valence-electron chi connectivity index (χ2n) is 21.5. The third-order valence-corrected chi connectivity index (χ3v) is 13.9. The van der Waals surface area contributed by atoms with Gasteiger partial charge < -0.3 is 38.5 Å². The van der Waals surface area contributed by atoms with Gasteiger partial charge in [-0.25, -0.2) is 4.79 Å². The first-order valence-corrected chi connectivity index (χ1v) is 28.8. The molecule has 1 amide bonds. The number of nitrogens with one attached hydrogen (secondary N) is 1. The predicted octanol–water partition coefficient (Wildman–Crippen LogP) is 15.2. The molecule has 0 aromatic heterocycles. The number of hydrogen-bond acceptors (Lipinski definition) is 9. The molecule has 1 N–H and O–H groups in total. The van der Waals surface area contributed by atoms with Gasteiger partial charge in [-0.1, -0.05) is 254 Å². The lowest BCUT2D eigenvalue weighted by Gasteiger charge is -2.45. The smallest absolute Gasteiger partial charge is 0.408 e. The molecular weight excluding hydrogens is 963 g/mol. The Morgan fingerprint density at radius 1 is 0.545 bits per heavy atom. The number of hydrogen-bond donors (Lipinski definition) is 1. The van der Waals surface area contributed by atoms with Crippen LogP contribution in [0.2, 0.25) is 0 Å². The fourth-order valence-corrected chi connectivity index (χ4v) is 9.70. The summed E-state index contributed by atoms with van der Waals surface area (Å²) in [5.41, 5.74) is 4.28. The van der Waals surface area contributed by atoms with Crippen LogP contribution in [0.25, 0.3) is 0 Å². The molecule has 1 fully saturated rings. The lowest BCUT2D eigenvalue weighted by Crippen LogP contribution is -2.61. The van der Waals surface area contributed by atoms with Crippen LogP contribution in [0.4, 0.5) is 4.79 Å². The Morgan fingerprint density at radius 2 is 0.974 bits per heavy atom. The molecule has 1 aliphatic rings. The lowest BCUT2D eigenvalue weighted by molar-refractivity contribution is -0.261. The topological polar surface area (TPSA) is 111 Å². The molecule has 1 saturated heterocycles. The van der Waals surface area contributed by atoms with Crippen LogP contribution in [-0.4, -0.2) is 66.9 Å². The Hall–Kier alpha value is -5.62. The van der Waals surface area contributed by atoms with Crippen molar-refractivity contribution in [2.24, 2.45) is 0 Å². The highest BCUT2D eigenvalue weighted by Crippen LogP contribution is 2.32. The molecule has 0 bridgehead atoms. The van der Waals surface area contributed by atoms with Crippen molar-refractivity contribution < 1.29 is 42.7 Å². The summed E-state index contributed by atoms with van der Waals surface area (Å²) < 4.78 is 46.9. The second-order valence-corrected chi connectivity index (χ2v) is 21.5. The first-order chi connectivity index (χ1) is 37.6. The molecule has 0 spiro atoms. The van der Waals surface area contributed by atoms with E-state index in [1.165, 1.54) is 64.2 Å². The molecule has 77 heavy (non-hydrogen) atoms. The van der Waals surface area contributed by atoms with E-state index in [0.717, 1.165) is 47.1 Å². The van der Waals surface area contributed by atoms with Gasteiger partial charge in [0.2, 0.25) is 0 Å². The number of carbonyl (C=O) groups excluding carboxylic acids is 2. The zero-order chi connectivity index (χ0) is 54.2. The average Bonchev–Trinajstić information content (AvgIpc) is 3.45. The lowest BCUT2D eigenvalue weighted by atomic mass is 9.92. The van der Waals surface area contributed by atoms with Crippen molar-refractivity contribution in [3.8, 4) is 0 Å². The molecule has 416 valence electrons. The maximum Gasteiger partial charge on any atom is 0.408 e. The highest BCUT2D eigenvalue weighted by atomic mass is 16.6. The Bertz CT molecular complexity index is 2340. The summed E-state index contributed by atoms with van der Waals surface area (Å²) in [4.78, 5) is 27.5. The number of esters is 1. The van der Waals surface area contributed by atoms with Crippen molar-refractivity contribution in [2.75, 3.05) is 6.61 Å². The molecule has 0 unspecified atom stereocenters. The van der Waals surface area contributed by atoms with E-state index in [2.05, 4.69) is 24.4 Å². The largest absolute Gasteiger partial charge is 0.463 e. The SMILES string of the molecule is CCCCCCCCCCCCCCC[C@@H](OCc1ccccc1)[C@H](/C=C/[C@H]1O[C@H](COC(=O)CCc2ccccc2)[C@H](OCc2ccccc2)[C@H](OCc2ccccc2)[C@H]1OCc1ccccc1)NC(=O)OC(C)(C)C. The van der Waals surface area contributed by atoms with Crippen molar-refractivity contribution in [2.45, 2.75) is 205 Å². The zero-order valence-electron chi connectivity index (χ0n) is 46.7. The summed E-state index contributed by atoms with van der Waals surface area (Å²) in [6.45, 7) is 8.90. The number of rotatable bonds is 35. The second kappa shape index (κ2) is 35.0. The number of benzene rings is 5. The van der Waals surface area contributed by atoms with Gasteiger partial charge in [0.05, 0.1) is 38.6 Å². The van der Waals surface area contributed by atoms with E-state index >= 15 is 0 Å². The highest BCUT2D eigenvalue weighted by Gasteiger charge is 2.48. The molecule has 5 aromatic carbocycles. The molecule has 0 radical (unpaired) electrons. The molecule has 5 aromatic rings. The van der Waals surface area contributed by atoms with E-state index in [9.17, 15) is 9.59 Å². The average molecular weight is 1050 g/mol. The van der Waals surface area contributed by atoms with E-state index in [0.29, 0.717) is 19.4 Å². The minimum Gasteiger partial charge on any atom is -0.463 e. The molecule has 1 heterocycles. The van der Waals surface area contributed by atoms with E-state index in [-0.39, 0.29) is 38.8 Å². The zero-order valence-corrected chi connectivity index (χ0v) is 46.7. The number of aryl methyl sites for hydroxylation is 1. The molecule has 10 heteroatoms. The first-order valence-electron chi connectivity index (χ1n) is 28.8. The molecule has 0 aliphatic carbocycles. The Balaban J connectivity index is 1.30. The van der Waals surface area contributed by atoms with E-state index < -0.39 is 54.4 Å². The predicted molar refractivity (Wildman–Crippen MR) is 307 cm³/mol. The standard InChI is InChI=1S/C67H89NO9/c1-5-6-7-8-9-10-11-12-13-14-15-16-32-43-59(71-48-54-35-24-18-25-36-54)58(68-66(70)77-67(2,3)4)45-46-60-63(73-49-55-37-26-19-27-38-55)65(75-51-57-41-30-21-31-42-57)64(74-50-56-39-28-20-29-40-56)61(76-60)52-72-62(69)47-44-53-33-22-17-23-34-53/h17-31,33-42,45-46,58-61,63-65H,5-16,32,43-44,47-52H2,1-4H3,(H,68,70)/b46-45+/t58-,59+,60+,61+,63-,64-,65+/m0/s1. The van der Waals surface area contributed by atoms with Crippen molar-refractivity contribution in [3.05, 3.63) is 192 Å². The monoisotopic (exact) mass is 1050 g/mol. The first kappa shape index (κ1) is 60.6. The summed E-state index contributed by atoms with van der Waals surface area (Å²) in [6, 6.07) is 49.4. The third kappa shape index (κ3) is 23.9. The number of amides is 1. The van der Waals surface area contributed by atoms with Gasteiger partial charge in [-0.3, -0.25) is 4.79 Å². The van der Waals surface area contributed by atoms with Crippen LogP contribution in [0.3, 0.4) is 0 Å². The highest BCUT2D eigenvalue weighted by molar-refractivity contribution is 5.69. The van der Waals surface area contributed by atoms with Gasteiger partial charge >= 0.3 is 12.1 Å². The molecule has 10 nitrogen and oxygen atoms in total. The van der Waals surface area contributed by atoms with Gasteiger partial charge in [-0.15, -0.1) is 0 Å². The Morgan fingerprint density at radius 3 is 1.45 bits per heavy atom. The Kier molecular flexibility index (Phi) is 27.6. The number of ether oxygens (including phenoxy) is 7. The molecule has 0 saturated carbocycles. The van der Waals surface area contributed by atoms with E-state index in [1.807, 2.05) is 172 Å². The molecular formula is C67H89NO9. The van der Waals surface area contributed by atoms with E-state index in [1.54, 1.807) is 0 Å². The van der Waals surface area contributed by atoms with Crippen molar-refractivity contribution in [3.63, 3.8) is 0 Å². The summed E-state index contributed by atoms with van der Waals surface area (Å²) in [7, 11) is 0. The van der Waals surface area contributed by atoms with Crippen LogP contribution < -0.4 is 5.32 Å². The summed E-state index contributed by atoms with van der Waals surface area (Å²) in [6.07, 6.45) is 16.9. The summed E-state index contributed by atoms with van der Waals surface area (Å²) in [5.74, 6) is -0.344. The molecule has 1 aliphatic heterocycles. The quantitative estimate of drug-likeness (QED) is 0.0241. The normalized spacial score (nSPS) is 18.4. The van der Waals surface area contributed by atoms with Gasteiger partial charge in [0.1, 0.15) is 42.7 Å². The van der Waals surface area contributed by atoms with Gasteiger partial charge in [0.15, 0.2) is 0 Å². The molecule has 6 rings (SSSR count). The fourth-order valence-electron chi connectivity index (χ4n) is 9.70. The van der Waals surface area contributed by atoms with Crippen LogP contribution in [0, 0.1) is 0 Å². The maximum atomic E-state index is 13.9. The third-order valence-electron chi connectivity index (χ3n) is 13.9. The van der Waals surface area contributed by atoms with Gasteiger partial charge in [-0.2, -0.15) is 0 Å². The Labute approximate surface area is 461 Å². The number of unbranched alkanes of at least 4 members (excludes halogenated alkanes) is 12. The number of alkyl carbamates (subject to hydrolysis) is 1. The fraction of sp³-hybridized carbons (Fsp3) is 0.493. The van der Waals surface area contributed by atoms with Gasteiger partial charge in [-0.05, 0) is 61.4 Å². The van der Waals surface area contributed by atoms with Crippen LogP contribution in [-0.2, 0) is 70.8 Å². The van der Waals surface area contributed by atoms with Crippen LogP contribution in [0.15, 0.2) is 164 Å².